The molecule has 21 heavy (non-hydrogen) atoms. The molecule has 0 aliphatic carbocycles. The van der Waals surface area contributed by atoms with Crippen LogP contribution in [0.25, 0.3) is 0 Å². The van der Waals surface area contributed by atoms with Crippen LogP contribution in [0.15, 0.2) is 4.52 Å². The molecule has 0 aromatic carbocycles. The van der Waals surface area contributed by atoms with E-state index in [1.165, 1.54) is 6.42 Å². The zero-order valence-corrected chi connectivity index (χ0v) is 13.2. The highest BCUT2D eigenvalue weighted by molar-refractivity contribution is 5.68. The molecule has 0 unspecified atom stereocenters. The van der Waals surface area contributed by atoms with E-state index in [0.717, 1.165) is 25.9 Å². The topological polar surface area (TPSA) is 80.5 Å². The summed E-state index contributed by atoms with van der Waals surface area (Å²) in [6.45, 7) is 9.15. The lowest BCUT2D eigenvalue weighted by Gasteiger charge is -2.24. The number of carbonyl (C=O) groups excluding carboxylic acids is 1. The lowest BCUT2D eigenvalue weighted by molar-refractivity contribution is 0.0499. The van der Waals surface area contributed by atoms with Crippen molar-refractivity contribution in [2.45, 2.75) is 58.6 Å². The number of ether oxygens (including phenoxy) is 1. The number of amides is 1. The minimum atomic E-state index is -0.530. The lowest BCUT2D eigenvalue weighted by Crippen LogP contribution is -2.34. The van der Waals surface area contributed by atoms with Crippen LogP contribution in [-0.2, 0) is 4.74 Å². The Morgan fingerprint density at radius 1 is 1.33 bits per heavy atom. The predicted molar refractivity (Wildman–Crippen MR) is 78.1 cm³/mol. The number of carbonyl (C=O) groups is 1. The molecular weight excluding hydrogens is 272 g/mol. The zero-order chi connectivity index (χ0) is 15.5. The van der Waals surface area contributed by atoms with Crippen LogP contribution in [0, 0.1) is 0 Å². The fourth-order valence-electron chi connectivity index (χ4n) is 2.17. The van der Waals surface area contributed by atoms with Gasteiger partial charge in [-0.25, -0.2) is 4.79 Å². The molecule has 1 aromatic heterocycles. The van der Waals surface area contributed by atoms with Crippen LogP contribution in [0.1, 0.15) is 58.9 Å². The van der Waals surface area contributed by atoms with Gasteiger partial charge in [-0.15, -0.1) is 0 Å². The van der Waals surface area contributed by atoms with Gasteiger partial charge in [0.2, 0.25) is 0 Å². The molecule has 1 aromatic rings. The first-order valence-corrected chi connectivity index (χ1v) is 7.43. The number of alkyl carbamates (subject to hydrolysis) is 1. The predicted octanol–water partition coefficient (Wildman–Crippen LogP) is 2.65. The third-order valence-electron chi connectivity index (χ3n) is 3.17. The number of aromatic nitrogens is 2. The van der Waals surface area contributed by atoms with Gasteiger partial charge >= 0.3 is 6.09 Å². The van der Waals surface area contributed by atoms with E-state index in [1.54, 1.807) is 6.92 Å². The Bertz CT molecular complexity index is 475. The number of nitrogens with one attached hydrogen (secondary N) is 1. The van der Waals surface area contributed by atoms with Crippen LogP contribution in [-0.4, -0.2) is 34.9 Å². The first-order chi connectivity index (χ1) is 9.85. The van der Waals surface area contributed by atoms with Gasteiger partial charge < -0.3 is 19.5 Å². The highest BCUT2D eigenvalue weighted by Crippen LogP contribution is 2.19. The monoisotopic (exact) mass is 296 g/mol. The highest BCUT2D eigenvalue weighted by Gasteiger charge is 2.23. The number of hydrogen-bond donors (Lipinski definition) is 1. The largest absolute Gasteiger partial charge is 0.444 e. The van der Waals surface area contributed by atoms with Crippen LogP contribution in [0.2, 0.25) is 0 Å². The average molecular weight is 296 g/mol. The number of hydrogen-bond acceptors (Lipinski definition) is 6. The van der Waals surface area contributed by atoms with E-state index in [1.807, 2.05) is 20.8 Å². The molecule has 1 aliphatic rings. The Kier molecular flexibility index (Phi) is 4.69. The smallest absolute Gasteiger partial charge is 0.408 e. The van der Waals surface area contributed by atoms with Crippen molar-refractivity contribution in [3.63, 3.8) is 0 Å². The summed E-state index contributed by atoms with van der Waals surface area (Å²) in [6, 6.07) is -0.383. The normalized spacial score (nSPS) is 17.4. The van der Waals surface area contributed by atoms with Gasteiger partial charge in [0.25, 0.3) is 11.8 Å². The van der Waals surface area contributed by atoms with E-state index in [4.69, 9.17) is 9.26 Å². The van der Waals surface area contributed by atoms with E-state index < -0.39 is 11.7 Å². The molecule has 1 N–H and O–H groups in total. The summed E-state index contributed by atoms with van der Waals surface area (Å²) >= 11 is 0. The van der Waals surface area contributed by atoms with Gasteiger partial charge in [-0.05, 0) is 52.1 Å². The van der Waals surface area contributed by atoms with Crippen molar-refractivity contribution in [2.24, 2.45) is 0 Å². The summed E-state index contributed by atoms with van der Waals surface area (Å²) in [5, 5.41) is 6.68. The lowest BCUT2D eigenvalue weighted by atomic mass is 10.1. The van der Waals surface area contributed by atoms with Crippen LogP contribution < -0.4 is 10.2 Å². The number of piperidine rings is 1. The molecule has 1 aliphatic heterocycles. The van der Waals surface area contributed by atoms with Crippen LogP contribution >= 0.6 is 0 Å². The van der Waals surface area contributed by atoms with E-state index in [2.05, 4.69) is 20.4 Å². The second-order valence-corrected chi connectivity index (χ2v) is 6.35. The quantitative estimate of drug-likeness (QED) is 0.923. The molecule has 0 spiro atoms. The van der Waals surface area contributed by atoms with E-state index >= 15 is 0 Å². The number of rotatable bonds is 3. The highest BCUT2D eigenvalue weighted by atomic mass is 16.6. The molecule has 0 radical (unpaired) electrons. The van der Waals surface area contributed by atoms with Gasteiger partial charge in [0.1, 0.15) is 11.6 Å². The summed E-state index contributed by atoms with van der Waals surface area (Å²) in [5.41, 5.74) is -0.530. The van der Waals surface area contributed by atoms with Crippen LogP contribution in [0.5, 0.6) is 0 Å². The fraction of sp³-hybridized carbons (Fsp3) is 0.786. The van der Waals surface area contributed by atoms with Crippen molar-refractivity contribution in [1.82, 2.24) is 15.5 Å². The number of nitrogens with zero attached hydrogens (tertiary/aromatic N) is 3. The second-order valence-electron chi connectivity index (χ2n) is 6.35. The Hall–Kier alpha value is -1.79. The van der Waals surface area contributed by atoms with Gasteiger partial charge in [0, 0.05) is 13.1 Å². The van der Waals surface area contributed by atoms with Crippen molar-refractivity contribution in [3.05, 3.63) is 5.89 Å². The molecule has 1 fully saturated rings. The molecule has 0 saturated carbocycles. The van der Waals surface area contributed by atoms with Gasteiger partial charge in [-0.2, -0.15) is 4.98 Å². The van der Waals surface area contributed by atoms with E-state index in [0.29, 0.717) is 11.8 Å². The van der Waals surface area contributed by atoms with Crippen molar-refractivity contribution < 1.29 is 14.1 Å². The summed E-state index contributed by atoms with van der Waals surface area (Å²) < 4.78 is 10.4. The molecular formula is C14H24N4O3. The number of anilines is 1. The summed E-state index contributed by atoms with van der Waals surface area (Å²) in [7, 11) is 0. The first-order valence-electron chi connectivity index (χ1n) is 7.43. The van der Waals surface area contributed by atoms with Crippen molar-refractivity contribution in [1.29, 1.82) is 0 Å². The average Bonchev–Trinajstić information content (AvgIpc) is 2.87. The SMILES string of the molecule is C[C@H](NC(=O)OC(C)(C)C)c1nc(N2CCCCC2)no1. The molecule has 2 rings (SSSR count). The zero-order valence-electron chi connectivity index (χ0n) is 13.2. The Balaban J connectivity index is 1.92. The Labute approximate surface area is 125 Å². The van der Waals surface area contributed by atoms with Gasteiger partial charge in [-0.3, -0.25) is 0 Å². The molecule has 1 amide bonds. The molecule has 2 heterocycles. The summed E-state index contributed by atoms with van der Waals surface area (Å²) in [6.07, 6.45) is 3.05. The maximum atomic E-state index is 11.7. The molecule has 7 nitrogen and oxygen atoms in total. The van der Waals surface area contributed by atoms with Crippen LogP contribution in [0.4, 0.5) is 10.7 Å². The van der Waals surface area contributed by atoms with Crippen LogP contribution in [0.3, 0.4) is 0 Å². The summed E-state index contributed by atoms with van der Waals surface area (Å²) in [5.74, 6) is 0.990. The molecule has 118 valence electrons. The fourth-order valence-corrected chi connectivity index (χ4v) is 2.17. The molecule has 7 heteroatoms. The van der Waals surface area contributed by atoms with Crippen molar-refractivity contribution >= 4 is 12.0 Å². The van der Waals surface area contributed by atoms with Gasteiger partial charge in [-0.1, -0.05) is 0 Å². The molecule has 1 atom stereocenters. The minimum Gasteiger partial charge on any atom is -0.444 e. The summed E-state index contributed by atoms with van der Waals surface area (Å²) in [4.78, 5) is 18.2. The maximum absolute atomic E-state index is 11.7. The van der Waals surface area contributed by atoms with Gasteiger partial charge in [0.05, 0.1) is 0 Å². The van der Waals surface area contributed by atoms with Crippen molar-refractivity contribution in [3.8, 4) is 0 Å². The third-order valence-corrected chi connectivity index (χ3v) is 3.17. The standard InChI is InChI=1S/C14H24N4O3/c1-10(15-13(19)20-14(2,3)4)11-16-12(17-21-11)18-8-6-5-7-9-18/h10H,5-9H2,1-4H3,(H,15,19)/t10-/m0/s1. The Morgan fingerprint density at radius 2 is 2.00 bits per heavy atom. The second kappa shape index (κ2) is 6.32. The first kappa shape index (κ1) is 15.6. The maximum Gasteiger partial charge on any atom is 0.408 e. The van der Waals surface area contributed by atoms with Crippen molar-refractivity contribution in [2.75, 3.05) is 18.0 Å². The van der Waals surface area contributed by atoms with E-state index in [9.17, 15) is 4.79 Å². The molecule has 0 bridgehead atoms. The minimum absolute atomic E-state index is 0.383. The molecule has 1 saturated heterocycles. The third kappa shape index (κ3) is 4.61. The Morgan fingerprint density at radius 3 is 2.62 bits per heavy atom. The van der Waals surface area contributed by atoms with Gasteiger partial charge in [0.15, 0.2) is 0 Å². The van der Waals surface area contributed by atoms with E-state index in [-0.39, 0.29) is 6.04 Å².